The number of hydrogen-bond acceptors (Lipinski definition) is 4. The van der Waals surface area contributed by atoms with Gasteiger partial charge in [-0.05, 0) is 68.9 Å². The number of likely N-dealkylation sites (N-methyl/N-ethyl adjacent to an activating group) is 1. The molecule has 0 aliphatic carbocycles. The zero-order chi connectivity index (χ0) is 23.1. The van der Waals surface area contributed by atoms with E-state index in [-0.39, 0.29) is 17.7 Å². The van der Waals surface area contributed by atoms with Gasteiger partial charge in [0.2, 0.25) is 5.91 Å². The van der Waals surface area contributed by atoms with Crippen LogP contribution in [0.2, 0.25) is 5.02 Å². The molecule has 2 amide bonds. The smallest absolute Gasteiger partial charge is 0.253 e. The molecule has 1 heterocycles. The van der Waals surface area contributed by atoms with Crippen molar-refractivity contribution in [3.8, 4) is 6.07 Å². The molecule has 2 aromatic carbocycles. The van der Waals surface area contributed by atoms with Crippen molar-refractivity contribution < 1.29 is 9.59 Å². The van der Waals surface area contributed by atoms with Crippen molar-refractivity contribution >= 4 is 23.4 Å². The maximum absolute atomic E-state index is 13.5. The van der Waals surface area contributed by atoms with E-state index >= 15 is 0 Å². The van der Waals surface area contributed by atoms with E-state index in [0.29, 0.717) is 42.3 Å². The van der Waals surface area contributed by atoms with Gasteiger partial charge in [0.1, 0.15) is 0 Å². The number of halogens is 1. The topological polar surface area (TPSA) is 67.7 Å². The Morgan fingerprint density at radius 3 is 2.41 bits per heavy atom. The maximum atomic E-state index is 13.5. The van der Waals surface area contributed by atoms with Gasteiger partial charge >= 0.3 is 0 Å². The van der Waals surface area contributed by atoms with Crippen LogP contribution in [0.15, 0.2) is 48.5 Å². The van der Waals surface area contributed by atoms with Gasteiger partial charge in [0.25, 0.3) is 5.91 Å². The lowest BCUT2D eigenvalue weighted by molar-refractivity contribution is -0.137. The Bertz CT molecular complexity index is 967. The van der Waals surface area contributed by atoms with Crippen molar-refractivity contribution in [1.29, 1.82) is 5.26 Å². The van der Waals surface area contributed by atoms with Crippen LogP contribution in [0.1, 0.15) is 34.3 Å². The van der Waals surface area contributed by atoms with Crippen LogP contribution in [0.25, 0.3) is 0 Å². The van der Waals surface area contributed by atoms with E-state index in [1.54, 1.807) is 41.3 Å². The van der Waals surface area contributed by atoms with Crippen LogP contribution in [0.5, 0.6) is 0 Å². The normalized spacial score (nSPS) is 16.0. The third-order valence-electron chi connectivity index (χ3n) is 5.73. The molecule has 32 heavy (non-hydrogen) atoms. The van der Waals surface area contributed by atoms with Crippen molar-refractivity contribution in [3.05, 3.63) is 70.2 Å². The fraction of sp³-hybridized carbons (Fsp3) is 0.400. The molecule has 0 saturated carbocycles. The lowest BCUT2D eigenvalue weighted by Crippen LogP contribution is -2.47. The standard InChI is InChI=1S/C25H29ClN4O2/c1-28(2)14-15-30(17-20-7-5-19(16-27)6-8-20)25(32)22-4-3-13-29(18-22)24(31)21-9-11-23(26)12-10-21/h5-12,22H,3-4,13-15,17-18H2,1-2H3. The van der Waals surface area contributed by atoms with Crippen molar-refractivity contribution in [2.75, 3.05) is 40.3 Å². The molecule has 168 valence electrons. The number of carbonyl (C=O) groups excluding carboxylic acids is 2. The summed E-state index contributed by atoms with van der Waals surface area (Å²) < 4.78 is 0. The summed E-state index contributed by atoms with van der Waals surface area (Å²) in [5.74, 6) is -0.212. The van der Waals surface area contributed by atoms with Crippen molar-refractivity contribution in [3.63, 3.8) is 0 Å². The molecular weight excluding hydrogens is 424 g/mol. The fourth-order valence-electron chi connectivity index (χ4n) is 3.89. The number of rotatable bonds is 7. The number of carbonyl (C=O) groups is 2. The first-order valence-electron chi connectivity index (χ1n) is 10.8. The summed E-state index contributed by atoms with van der Waals surface area (Å²) in [7, 11) is 3.97. The highest BCUT2D eigenvalue weighted by Gasteiger charge is 2.31. The van der Waals surface area contributed by atoms with Gasteiger partial charge in [0.15, 0.2) is 0 Å². The van der Waals surface area contributed by atoms with Crippen LogP contribution in [-0.4, -0.2) is 66.8 Å². The van der Waals surface area contributed by atoms with Gasteiger partial charge in [0, 0.05) is 43.3 Å². The Kier molecular flexibility index (Phi) is 8.26. The molecule has 2 aromatic rings. The van der Waals surface area contributed by atoms with E-state index in [4.69, 9.17) is 16.9 Å². The zero-order valence-corrected chi connectivity index (χ0v) is 19.4. The molecule has 0 radical (unpaired) electrons. The lowest BCUT2D eigenvalue weighted by atomic mass is 9.95. The van der Waals surface area contributed by atoms with Gasteiger partial charge in [-0.15, -0.1) is 0 Å². The highest BCUT2D eigenvalue weighted by Crippen LogP contribution is 2.22. The summed E-state index contributed by atoms with van der Waals surface area (Å²) >= 11 is 5.94. The molecule has 0 spiro atoms. The van der Waals surface area contributed by atoms with Gasteiger partial charge in [-0.3, -0.25) is 9.59 Å². The third kappa shape index (κ3) is 6.32. The zero-order valence-electron chi connectivity index (χ0n) is 18.6. The molecule has 1 aliphatic heterocycles. The molecule has 1 saturated heterocycles. The predicted molar refractivity (Wildman–Crippen MR) is 125 cm³/mol. The quantitative estimate of drug-likeness (QED) is 0.643. The molecular formula is C25H29ClN4O2. The highest BCUT2D eigenvalue weighted by molar-refractivity contribution is 6.30. The first kappa shape index (κ1) is 23.8. The van der Waals surface area contributed by atoms with E-state index in [1.807, 2.05) is 31.1 Å². The molecule has 0 aromatic heterocycles. The van der Waals surface area contributed by atoms with Gasteiger partial charge in [-0.2, -0.15) is 5.26 Å². The number of piperidine rings is 1. The van der Waals surface area contributed by atoms with Gasteiger partial charge < -0.3 is 14.7 Å². The Morgan fingerprint density at radius 2 is 1.78 bits per heavy atom. The van der Waals surface area contributed by atoms with E-state index in [9.17, 15) is 9.59 Å². The van der Waals surface area contributed by atoms with Crippen LogP contribution in [-0.2, 0) is 11.3 Å². The lowest BCUT2D eigenvalue weighted by Gasteiger charge is -2.35. The van der Waals surface area contributed by atoms with Gasteiger partial charge in [-0.1, -0.05) is 23.7 Å². The third-order valence-corrected chi connectivity index (χ3v) is 5.99. The van der Waals surface area contributed by atoms with E-state index in [2.05, 4.69) is 11.0 Å². The maximum Gasteiger partial charge on any atom is 0.253 e. The average Bonchev–Trinajstić information content (AvgIpc) is 2.81. The minimum Gasteiger partial charge on any atom is -0.338 e. The monoisotopic (exact) mass is 452 g/mol. The Balaban J connectivity index is 1.71. The van der Waals surface area contributed by atoms with E-state index in [1.165, 1.54) is 0 Å². The van der Waals surface area contributed by atoms with Crippen LogP contribution in [0, 0.1) is 17.2 Å². The number of nitrogens with zero attached hydrogens (tertiary/aromatic N) is 4. The van der Waals surface area contributed by atoms with E-state index < -0.39 is 0 Å². The Hall–Kier alpha value is -2.88. The summed E-state index contributed by atoms with van der Waals surface area (Å²) in [5.41, 5.74) is 2.18. The molecule has 1 aliphatic rings. The summed E-state index contributed by atoms with van der Waals surface area (Å²) in [4.78, 5) is 32.1. The van der Waals surface area contributed by atoms with Crippen LogP contribution < -0.4 is 0 Å². The number of amides is 2. The highest BCUT2D eigenvalue weighted by atomic mass is 35.5. The summed E-state index contributed by atoms with van der Waals surface area (Å²) in [6.07, 6.45) is 1.57. The van der Waals surface area contributed by atoms with Crippen molar-refractivity contribution in [1.82, 2.24) is 14.7 Å². The van der Waals surface area contributed by atoms with Crippen molar-refractivity contribution in [2.24, 2.45) is 5.92 Å². The minimum atomic E-state index is -0.222. The second-order valence-electron chi connectivity index (χ2n) is 8.47. The molecule has 3 rings (SSSR count). The summed E-state index contributed by atoms with van der Waals surface area (Å²) in [6, 6.07) is 16.3. The first-order chi connectivity index (χ1) is 15.4. The minimum absolute atomic E-state index is 0.0638. The van der Waals surface area contributed by atoms with Crippen molar-refractivity contribution in [2.45, 2.75) is 19.4 Å². The number of likely N-dealkylation sites (tertiary alicyclic amines) is 1. The second-order valence-corrected chi connectivity index (χ2v) is 8.91. The Labute approximate surface area is 195 Å². The Morgan fingerprint density at radius 1 is 1.09 bits per heavy atom. The SMILES string of the molecule is CN(C)CCN(Cc1ccc(C#N)cc1)C(=O)C1CCCN(C(=O)c2ccc(Cl)cc2)C1. The predicted octanol–water partition coefficient (Wildman–Crippen LogP) is 3.65. The summed E-state index contributed by atoms with van der Waals surface area (Å²) in [6.45, 7) is 2.92. The van der Waals surface area contributed by atoms with Crippen LogP contribution >= 0.6 is 11.6 Å². The molecule has 0 N–H and O–H groups in total. The second kappa shape index (κ2) is 11.1. The average molecular weight is 453 g/mol. The fourth-order valence-corrected chi connectivity index (χ4v) is 4.02. The van der Waals surface area contributed by atoms with Gasteiger partial charge in [0.05, 0.1) is 17.6 Å². The number of benzene rings is 2. The number of nitriles is 1. The molecule has 6 nitrogen and oxygen atoms in total. The van der Waals surface area contributed by atoms with E-state index in [0.717, 1.165) is 24.9 Å². The number of hydrogen-bond donors (Lipinski definition) is 0. The largest absolute Gasteiger partial charge is 0.338 e. The molecule has 1 fully saturated rings. The molecule has 0 bridgehead atoms. The van der Waals surface area contributed by atoms with Gasteiger partial charge in [-0.25, -0.2) is 0 Å². The first-order valence-corrected chi connectivity index (χ1v) is 11.2. The molecule has 1 unspecified atom stereocenters. The summed E-state index contributed by atoms with van der Waals surface area (Å²) in [5, 5.41) is 9.61. The van der Waals surface area contributed by atoms with Crippen LogP contribution in [0.3, 0.4) is 0 Å². The van der Waals surface area contributed by atoms with Crippen LogP contribution in [0.4, 0.5) is 0 Å². The molecule has 1 atom stereocenters. The molecule has 7 heteroatoms.